The molecule has 1 aromatic rings. The van der Waals surface area contributed by atoms with Gasteiger partial charge in [-0.15, -0.1) is 11.3 Å². The van der Waals surface area contributed by atoms with Crippen molar-refractivity contribution in [2.24, 2.45) is 5.73 Å². The molecule has 1 unspecified atom stereocenters. The summed E-state index contributed by atoms with van der Waals surface area (Å²) < 4.78 is 0.860. The zero-order chi connectivity index (χ0) is 9.97. The SMILES string of the molecule is NC1C=C(c2ccc(Cl)s2)CCCC1. The Labute approximate surface area is 93.6 Å². The molecule has 1 aliphatic rings. The summed E-state index contributed by atoms with van der Waals surface area (Å²) in [7, 11) is 0. The van der Waals surface area contributed by atoms with Gasteiger partial charge in [0.2, 0.25) is 0 Å². The van der Waals surface area contributed by atoms with Crippen molar-refractivity contribution in [3.63, 3.8) is 0 Å². The fraction of sp³-hybridized carbons (Fsp3) is 0.455. The van der Waals surface area contributed by atoms with E-state index in [-0.39, 0.29) is 6.04 Å². The van der Waals surface area contributed by atoms with E-state index < -0.39 is 0 Å². The second kappa shape index (κ2) is 4.47. The second-order valence-corrected chi connectivity index (χ2v) is 5.42. The van der Waals surface area contributed by atoms with Crippen LogP contribution in [0.15, 0.2) is 18.2 Å². The molecule has 0 amide bonds. The number of thiophene rings is 1. The lowest BCUT2D eigenvalue weighted by molar-refractivity contribution is 0.658. The number of halogens is 1. The van der Waals surface area contributed by atoms with E-state index in [1.807, 2.05) is 6.07 Å². The molecule has 0 bridgehead atoms. The van der Waals surface area contributed by atoms with Gasteiger partial charge in [-0.2, -0.15) is 0 Å². The zero-order valence-corrected chi connectivity index (χ0v) is 9.57. The van der Waals surface area contributed by atoms with E-state index in [0.717, 1.165) is 17.2 Å². The molecule has 0 aliphatic heterocycles. The molecule has 2 rings (SSSR count). The van der Waals surface area contributed by atoms with Crippen molar-refractivity contribution in [1.29, 1.82) is 0 Å². The van der Waals surface area contributed by atoms with Gasteiger partial charge in [0, 0.05) is 10.9 Å². The van der Waals surface area contributed by atoms with Crippen LogP contribution in [0.5, 0.6) is 0 Å². The van der Waals surface area contributed by atoms with Gasteiger partial charge in [0.1, 0.15) is 0 Å². The Kier molecular flexibility index (Phi) is 3.26. The summed E-state index contributed by atoms with van der Waals surface area (Å²) >= 11 is 7.56. The summed E-state index contributed by atoms with van der Waals surface area (Å²) in [6.07, 6.45) is 6.94. The van der Waals surface area contributed by atoms with E-state index in [1.54, 1.807) is 11.3 Å². The van der Waals surface area contributed by atoms with Crippen molar-refractivity contribution >= 4 is 28.5 Å². The molecule has 76 valence electrons. The monoisotopic (exact) mass is 227 g/mol. The molecule has 0 spiro atoms. The Hall–Kier alpha value is -0.310. The summed E-state index contributed by atoms with van der Waals surface area (Å²) in [6.45, 7) is 0. The molecule has 1 atom stereocenters. The minimum atomic E-state index is 0.230. The molecule has 3 heteroatoms. The largest absolute Gasteiger partial charge is 0.324 e. The topological polar surface area (TPSA) is 26.0 Å². The lowest BCUT2D eigenvalue weighted by Crippen LogP contribution is -2.15. The van der Waals surface area contributed by atoms with Crippen molar-refractivity contribution in [1.82, 2.24) is 0 Å². The average Bonchev–Trinajstić information content (AvgIpc) is 2.45. The van der Waals surface area contributed by atoms with Crippen LogP contribution in [0.1, 0.15) is 30.6 Å². The first-order valence-corrected chi connectivity index (χ1v) is 6.17. The Morgan fingerprint density at radius 3 is 2.93 bits per heavy atom. The van der Waals surface area contributed by atoms with Crippen molar-refractivity contribution in [2.75, 3.05) is 0 Å². The lowest BCUT2D eigenvalue weighted by atomic mass is 10.1. The first kappa shape index (κ1) is 10.2. The predicted octanol–water partition coefficient (Wildman–Crippen LogP) is 3.69. The molecule has 1 nitrogen and oxygen atoms in total. The summed E-state index contributed by atoms with van der Waals surface area (Å²) in [5, 5.41) is 0. The highest BCUT2D eigenvalue weighted by Crippen LogP contribution is 2.32. The van der Waals surface area contributed by atoms with E-state index in [4.69, 9.17) is 17.3 Å². The number of hydrogen-bond acceptors (Lipinski definition) is 2. The predicted molar refractivity (Wildman–Crippen MR) is 63.7 cm³/mol. The van der Waals surface area contributed by atoms with Crippen LogP contribution in [-0.4, -0.2) is 6.04 Å². The molecule has 0 saturated carbocycles. The van der Waals surface area contributed by atoms with Gasteiger partial charge in [-0.1, -0.05) is 24.1 Å². The van der Waals surface area contributed by atoms with Crippen LogP contribution in [0.3, 0.4) is 0 Å². The summed E-state index contributed by atoms with van der Waals surface area (Å²) in [4.78, 5) is 1.28. The maximum atomic E-state index is 5.96. The highest BCUT2D eigenvalue weighted by atomic mass is 35.5. The van der Waals surface area contributed by atoms with Gasteiger partial charge in [0.25, 0.3) is 0 Å². The third-order valence-electron chi connectivity index (χ3n) is 2.54. The average molecular weight is 228 g/mol. The maximum absolute atomic E-state index is 5.96. The lowest BCUT2D eigenvalue weighted by Gasteiger charge is -2.03. The van der Waals surface area contributed by atoms with E-state index in [0.29, 0.717) is 0 Å². The number of rotatable bonds is 1. The van der Waals surface area contributed by atoms with Crippen LogP contribution in [0, 0.1) is 0 Å². The first-order chi connectivity index (χ1) is 6.75. The highest BCUT2D eigenvalue weighted by molar-refractivity contribution is 7.17. The molecule has 0 fully saturated rings. The molecule has 2 N–H and O–H groups in total. The smallest absolute Gasteiger partial charge is 0.0934 e. The fourth-order valence-corrected chi connectivity index (χ4v) is 2.91. The third kappa shape index (κ3) is 2.38. The van der Waals surface area contributed by atoms with Crippen molar-refractivity contribution in [3.8, 4) is 0 Å². The normalized spacial score (nSPS) is 23.0. The second-order valence-electron chi connectivity index (χ2n) is 3.71. The van der Waals surface area contributed by atoms with Gasteiger partial charge in [-0.25, -0.2) is 0 Å². The zero-order valence-electron chi connectivity index (χ0n) is 8.00. The molecule has 0 radical (unpaired) electrons. The van der Waals surface area contributed by atoms with E-state index >= 15 is 0 Å². The van der Waals surface area contributed by atoms with Crippen LogP contribution in [0.2, 0.25) is 4.34 Å². The summed E-state index contributed by atoms with van der Waals surface area (Å²) in [5.74, 6) is 0. The highest BCUT2D eigenvalue weighted by Gasteiger charge is 2.11. The van der Waals surface area contributed by atoms with Crippen molar-refractivity contribution in [2.45, 2.75) is 31.7 Å². The number of nitrogens with two attached hydrogens (primary N) is 1. The van der Waals surface area contributed by atoms with Gasteiger partial charge < -0.3 is 5.73 Å². The summed E-state index contributed by atoms with van der Waals surface area (Å²) in [5.41, 5.74) is 7.35. The Balaban J connectivity index is 2.23. The van der Waals surface area contributed by atoms with Crippen LogP contribution in [0.4, 0.5) is 0 Å². The van der Waals surface area contributed by atoms with Crippen LogP contribution >= 0.6 is 22.9 Å². The van der Waals surface area contributed by atoms with Crippen LogP contribution < -0.4 is 5.73 Å². The fourth-order valence-electron chi connectivity index (χ4n) is 1.81. The molecular formula is C11H14ClNS. The molecule has 1 heterocycles. The Morgan fingerprint density at radius 2 is 2.21 bits per heavy atom. The molecule has 0 saturated heterocycles. The summed E-state index contributed by atoms with van der Waals surface area (Å²) in [6, 6.07) is 4.28. The van der Waals surface area contributed by atoms with Crippen molar-refractivity contribution in [3.05, 3.63) is 27.4 Å². The van der Waals surface area contributed by atoms with Gasteiger partial charge in [0.15, 0.2) is 0 Å². The quantitative estimate of drug-likeness (QED) is 0.778. The van der Waals surface area contributed by atoms with Gasteiger partial charge in [-0.05, 0) is 37.0 Å². The molecular weight excluding hydrogens is 214 g/mol. The van der Waals surface area contributed by atoms with E-state index in [2.05, 4.69) is 12.1 Å². The molecule has 0 aromatic carbocycles. The standard InChI is InChI=1S/C11H14ClNS/c12-11-6-5-10(14-11)8-3-1-2-4-9(13)7-8/h5-7,9H,1-4,13H2. The van der Waals surface area contributed by atoms with E-state index in [9.17, 15) is 0 Å². The van der Waals surface area contributed by atoms with Crippen LogP contribution in [-0.2, 0) is 0 Å². The third-order valence-corrected chi connectivity index (χ3v) is 3.85. The molecule has 1 aliphatic carbocycles. The number of allylic oxidation sites excluding steroid dienone is 1. The van der Waals surface area contributed by atoms with Gasteiger partial charge >= 0.3 is 0 Å². The first-order valence-electron chi connectivity index (χ1n) is 4.98. The molecule has 1 aromatic heterocycles. The Bertz CT molecular complexity index is 343. The molecule has 14 heavy (non-hydrogen) atoms. The minimum absolute atomic E-state index is 0.230. The van der Waals surface area contributed by atoms with Crippen LogP contribution in [0.25, 0.3) is 5.57 Å². The maximum Gasteiger partial charge on any atom is 0.0934 e. The number of hydrogen-bond donors (Lipinski definition) is 1. The Morgan fingerprint density at radius 1 is 1.36 bits per heavy atom. The van der Waals surface area contributed by atoms with E-state index in [1.165, 1.54) is 23.3 Å². The van der Waals surface area contributed by atoms with Gasteiger partial charge in [-0.3, -0.25) is 0 Å². The van der Waals surface area contributed by atoms with Gasteiger partial charge in [0.05, 0.1) is 4.34 Å². The van der Waals surface area contributed by atoms with Crippen molar-refractivity contribution < 1.29 is 0 Å². The minimum Gasteiger partial charge on any atom is -0.324 e.